The number of nitrogens with zero attached hydrogens (tertiary/aromatic N) is 1. The minimum absolute atomic E-state index is 0.0194. The molecule has 114 valence electrons. The average molecular weight is 282 g/mol. The lowest BCUT2D eigenvalue weighted by Gasteiger charge is -2.32. The quantitative estimate of drug-likeness (QED) is 0.761. The van der Waals surface area contributed by atoms with Gasteiger partial charge >= 0.3 is 0 Å². The van der Waals surface area contributed by atoms with E-state index in [2.05, 4.69) is 5.32 Å². The molecule has 0 aromatic carbocycles. The highest BCUT2D eigenvalue weighted by Crippen LogP contribution is 2.32. The van der Waals surface area contributed by atoms with E-state index in [-0.39, 0.29) is 36.3 Å². The van der Waals surface area contributed by atoms with Gasteiger partial charge in [-0.2, -0.15) is 0 Å². The first-order valence-corrected chi connectivity index (χ1v) is 7.85. The summed E-state index contributed by atoms with van der Waals surface area (Å²) >= 11 is 0. The second kappa shape index (κ2) is 7.07. The maximum Gasteiger partial charge on any atom is 0.225 e. The zero-order valence-electron chi connectivity index (χ0n) is 12.3. The zero-order chi connectivity index (χ0) is 14.5. The highest BCUT2D eigenvalue weighted by atomic mass is 16.3. The van der Waals surface area contributed by atoms with Gasteiger partial charge in [-0.3, -0.25) is 9.59 Å². The van der Waals surface area contributed by atoms with Gasteiger partial charge in [0.25, 0.3) is 0 Å². The van der Waals surface area contributed by atoms with Crippen molar-refractivity contribution in [3.05, 3.63) is 0 Å². The van der Waals surface area contributed by atoms with Crippen LogP contribution in [0.4, 0.5) is 0 Å². The molecule has 5 heteroatoms. The molecule has 0 aromatic rings. The first-order valence-electron chi connectivity index (χ1n) is 7.85. The van der Waals surface area contributed by atoms with Gasteiger partial charge in [0.1, 0.15) is 0 Å². The molecule has 0 aromatic heterocycles. The number of hydrogen-bond acceptors (Lipinski definition) is 3. The van der Waals surface area contributed by atoms with E-state index in [0.717, 1.165) is 32.1 Å². The molecule has 2 amide bonds. The van der Waals surface area contributed by atoms with Crippen LogP contribution in [0.5, 0.6) is 0 Å². The summed E-state index contributed by atoms with van der Waals surface area (Å²) in [6.07, 6.45) is 5.06. The lowest BCUT2D eigenvalue weighted by atomic mass is 9.95. The van der Waals surface area contributed by atoms with E-state index < -0.39 is 0 Å². The monoisotopic (exact) mass is 282 g/mol. The molecule has 20 heavy (non-hydrogen) atoms. The molecule has 1 heterocycles. The number of nitrogens with one attached hydrogen (secondary N) is 1. The molecule has 0 spiro atoms. The molecule has 2 rings (SSSR count). The Hall–Kier alpha value is -1.10. The lowest BCUT2D eigenvalue weighted by molar-refractivity contribution is -0.136. The number of rotatable bonds is 6. The summed E-state index contributed by atoms with van der Waals surface area (Å²) in [5.74, 6) is 0.666. The van der Waals surface area contributed by atoms with Crippen molar-refractivity contribution >= 4 is 11.8 Å². The van der Waals surface area contributed by atoms with Gasteiger partial charge in [-0.15, -0.1) is 0 Å². The summed E-state index contributed by atoms with van der Waals surface area (Å²) in [5.41, 5.74) is 0. The Morgan fingerprint density at radius 2 is 1.85 bits per heavy atom. The van der Waals surface area contributed by atoms with Crippen molar-refractivity contribution in [2.75, 3.05) is 19.7 Å². The van der Waals surface area contributed by atoms with Crippen LogP contribution in [0.3, 0.4) is 0 Å². The molecule has 2 fully saturated rings. The highest BCUT2D eigenvalue weighted by Gasteiger charge is 2.36. The second-order valence-corrected chi connectivity index (χ2v) is 6.00. The molecule has 1 aliphatic carbocycles. The number of likely N-dealkylation sites (tertiary alicyclic amines) is 1. The van der Waals surface area contributed by atoms with Gasteiger partial charge in [0.15, 0.2) is 0 Å². The van der Waals surface area contributed by atoms with Gasteiger partial charge in [0.2, 0.25) is 11.8 Å². The van der Waals surface area contributed by atoms with E-state index in [1.807, 2.05) is 11.8 Å². The summed E-state index contributed by atoms with van der Waals surface area (Å²) in [4.78, 5) is 26.0. The number of piperidine rings is 1. The topological polar surface area (TPSA) is 69.6 Å². The number of carbonyl (C=O) groups is 2. The van der Waals surface area contributed by atoms with E-state index in [9.17, 15) is 9.59 Å². The van der Waals surface area contributed by atoms with E-state index in [4.69, 9.17) is 5.11 Å². The molecular weight excluding hydrogens is 256 g/mol. The highest BCUT2D eigenvalue weighted by molar-refractivity contribution is 5.82. The lowest BCUT2D eigenvalue weighted by Crippen LogP contribution is -2.45. The molecule has 1 aliphatic heterocycles. The summed E-state index contributed by atoms with van der Waals surface area (Å²) < 4.78 is 0. The fourth-order valence-electron chi connectivity index (χ4n) is 2.80. The SMILES string of the molecule is CCC(CCO)NC(=O)C1CCN(C(=O)C2CC2)CC1. The van der Waals surface area contributed by atoms with Crippen molar-refractivity contribution in [1.82, 2.24) is 10.2 Å². The van der Waals surface area contributed by atoms with Crippen molar-refractivity contribution < 1.29 is 14.7 Å². The summed E-state index contributed by atoms with van der Waals surface area (Å²) in [6.45, 7) is 3.54. The Kier molecular flexibility index (Phi) is 5.40. The molecule has 1 saturated carbocycles. The van der Waals surface area contributed by atoms with Crippen LogP contribution >= 0.6 is 0 Å². The van der Waals surface area contributed by atoms with Gasteiger partial charge in [0, 0.05) is 37.6 Å². The van der Waals surface area contributed by atoms with E-state index in [1.54, 1.807) is 0 Å². The summed E-state index contributed by atoms with van der Waals surface area (Å²) in [5, 5.41) is 12.0. The van der Waals surface area contributed by atoms with Crippen LogP contribution in [-0.2, 0) is 9.59 Å². The minimum Gasteiger partial charge on any atom is -0.396 e. The predicted octanol–water partition coefficient (Wildman–Crippen LogP) is 0.912. The number of amides is 2. The Labute approximate surface area is 120 Å². The molecular formula is C15H26N2O3. The Morgan fingerprint density at radius 3 is 2.35 bits per heavy atom. The van der Waals surface area contributed by atoms with Gasteiger partial charge < -0.3 is 15.3 Å². The minimum atomic E-state index is 0.0194. The van der Waals surface area contributed by atoms with Gasteiger partial charge in [-0.1, -0.05) is 6.92 Å². The maximum atomic E-state index is 12.2. The molecule has 0 bridgehead atoms. The van der Waals surface area contributed by atoms with Crippen LogP contribution in [0, 0.1) is 11.8 Å². The van der Waals surface area contributed by atoms with Crippen LogP contribution < -0.4 is 5.32 Å². The predicted molar refractivity (Wildman–Crippen MR) is 76.0 cm³/mol. The first kappa shape index (κ1) is 15.3. The van der Waals surface area contributed by atoms with Gasteiger partial charge in [-0.25, -0.2) is 0 Å². The van der Waals surface area contributed by atoms with E-state index in [0.29, 0.717) is 19.5 Å². The fraction of sp³-hybridized carbons (Fsp3) is 0.867. The van der Waals surface area contributed by atoms with Crippen molar-refractivity contribution in [3.8, 4) is 0 Å². The largest absolute Gasteiger partial charge is 0.396 e. The normalized spacial score (nSPS) is 21.6. The van der Waals surface area contributed by atoms with Crippen LogP contribution in [0.15, 0.2) is 0 Å². The molecule has 1 saturated heterocycles. The third-order valence-corrected chi connectivity index (χ3v) is 4.42. The molecule has 1 unspecified atom stereocenters. The number of aliphatic hydroxyl groups is 1. The summed E-state index contributed by atoms with van der Waals surface area (Å²) in [7, 11) is 0. The van der Waals surface area contributed by atoms with Crippen molar-refractivity contribution in [3.63, 3.8) is 0 Å². The average Bonchev–Trinajstić information content (AvgIpc) is 3.30. The van der Waals surface area contributed by atoms with Gasteiger partial charge in [0.05, 0.1) is 0 Å². The van der Waals surface area contributed by atoms with E-state index in [1.165, 1.54) is 0 Å². The Balaban J connectivity index is 1.74. The Morgan fingerprint density at radius 1 is 1.20 bits per heavy atom. The number of carbonyl (C=O) groups excluding carboxylic acids is 2. The third kappa shape index (κ3) is 3.95. The van der Waals surface area contributed by atoms with Crippen LogP contribution in [0.25, 0.3) is 0 Å². The number of aliphatic hydroxyl groups excluding tert-OH is 1. The molecule has 2 N–H and O–H groups in total. The standard InChI is InChI=1S/C15H26N2O3/c1-2-13(7-10-18)16-14(19)11-5-8-17(9-6-11)15(20)12-3-4-12/h11-13,18H,2-10H2,1H3,(H,16,19). The maximum absolute atomic E-state index is 12.2. The fourth-order valence-corrected chi connectivity index (χ4v) is 2.80. The first-order chi connectivity index (χ1) is 9.65. The third-order valence-electron chi connectivity index (χ3n) is 4.42. The summed E-state index contributed by atoms with van der Waals surface area (Å²) in [6, 6.07) is 0.0682. The van der Waals surface area contributed by atoms with E-state index >= 15 is 0 Å². The molecule has 0 radical (unpaired) electrons. The van der Waals surface area contributed by atoms with Gasteiger partial charge in [-0.05, 0) is 38.5 Å². The molecule has 2 aliphatic rings. The second-order valence-electron chi connectivity index (χ2n) is 6.00. The van der Waals surface area contributed by atoms with Crippen molar-refractivity contribution in [2.45, 2.75) is 51.5 Å². The van der Waals surface area contributed by atoms with Crippen LogP contribution in [0.1, 0.15) is 45.4 Å². The Bertz CT molecular complexity index is 347. The smallest absolute Gasteiger partial charge is 0.225 e. The molecule has 5 nitrogen and oxygen atoms in total. The van der Waals surface area contributed by atoms with Crippen LogP contribution in [0.2, 0.25) is 0 Å². The van der Waals surface area contributed by atoms with Crippen LogP contribution in [-0.4, -0.2) is 47.6 Å². The number of hydrogen-bond donors (Lipinski definition) is 2. The van der Waals surface area contributed by atoms with Crippen molar-refractivity contribution in [2.24, 2.45) is 11.8 Å². The van der Waals surface area contributed by atoms with Crippen molar-refractivity contribution in [1.29, 1.82) is 0 Å². The molecule has 1 atom stereocenters. The zero-order valence-corrected chi connectivity index (χ0v) is 12.3.